The summed E-state index contributed by atoms with van der Waals surface area (Å²) in [7, 11) is 2.90. The molecule has 0 bridgehead atoms. The van der Waals surface area contributed by atoms with Gasteiger partial charge in [-0.05, 0) is 11.5 Å². The van der Waals surface area contributed by atoms with Crippen molar-refractivity contribution in [2.75, 3.05) is 14.1 Å². The summed E-state index contributed by atoms with van der Waals surface area (Å²) in [4.78, 5) is 22.8. The highest BCUT2D eigenvalue weighted by Crippen LogP contribution is 2.35. The number of hydrogen-bond donors (Lipinski definition) is 2. The van der Waals surface area contributed by atoms with E-state index in [1.807, 2.05) is 18.2 Å². The fourth-order valence-electron chi connectivity index (χ4n) is 1.70. The molecule has 2 aromatic rings. The smallest absolute Gasteiger partial charge is 0.406 e. The number of carbonyl (C=O) groups is 2. The van der Waals surface area contributed by atoms with Crippen molar-refractivity contribution in [1.29, 1.82) is 0 Å². The molecule has 0 aliphatic carbocycles. The summed E-state index contributed by atoms with van der Waals surface area (Å²) < 4.78 is 10.3. The van der Waals surface area contributed by atoms with Gasteiger partial charge < -0.3 is 20.1 Å². The lowest BCUT2D eigenvalue weighted by Gasteiger charge is -2.12. The second-order valence-corrected chi connectivity index (χ2v) is 3.89. The number of hydrogen-bond acceptors (Lipinski definition) is 4. The second kappa shape index (κ2) is 5.92. The van der Waals surface area contributed by atoms with Crippen molar-refractivity contribution in [3.8, 4) is 11.5 Å². The molecule has 0 aliphatic heterocycles. The van der Waals surface area contributed by atoms with E-state index in [1.54, 1.807) is 18.2 Å². The third kappa shape index (κ3) is 2.80. The number of ether oxygens (including phenoxy) is 2. The molecule has 0 heterocycles. The van der Waals surface area contributed by atoms with Crippen LogP contribution in [0, 0.1) is 0 Å². The molecule has 0 saturated carbocycles. The highest BCUT2D eigenvalue weighted by atomic mass is 16.6. The zero-order valence-corrected chi connectivity index (χ0v) is 11.1. The van der Waals surface area contributed by atoms with Gasteiger partial charge in [-0.2, -0.15) is 0 Å². The quantitative estimate of drug-likeness (QED) is 0.880. The number of nitrogens with one attached hydrogen (secondary N) is 2. The number of amides is 2. The lowest BCUT2D eigenvalue weighted by atomic mass is 10.1. The number of carbonyl (C=O) groups excluding carboxylic acids is 2. The molecule has 104 valence electrons. The Labute approximate surface area is 115 Å². The maximum absolute atomic E-state index is 11.4. The van der Waals surface area contributed by atoms with E-state index in [-0.39, 0.29) is 11.5 Å². The molecular weight excluding hydrogens is 260 g/mol. The normalized spacial score (nSPS) is 9.90. The highest BCUT2D eigenvalue weighted by Gasteiger charge is 2.15. The van der Waals surface area contributed by atoms with E-state index in [2.05, 4.69) is 10.6 Å². The van der Waals surface area contributed by atoms with Crippen LogP contribution in [-0.4, -0.2) is 26.3 Å². The Morgan fingerprint density at radius 2 is 1.55 bits per heavy atom. The maximum atomic E-state index is 11.4. The first-order valence-electron chi connectivity index (χ1n) is 5.96. The Kier molecular flexibility index (Phi) is 4.05. The van der Waals surface area contributed by atoms with Crippen LogP contribution in [0.15, 0.2) is 36.4 Å². The first kappa shape index (κ1) is 13.7. The predicted molar refractivity (Wildman–Crippen MR) is 74.1 cm³/mol. The lowest BCUT2D eigenvalue weighted by Crippen LogP contribution is -2.24. The zero-order chi connectivity index (χ0) is 14.5. The first-order chi connectivity index (χ1) is 9.65. The number of rotatable bonds is 2. The summed E-state index contributed by atoms with van der Waals surface area (Å²) in [6.07, 6.45) is -1.27. The van der Waals surface area contributed by atoms with Crippen LogP contribution in [0.2, 0.25) is 0 Å². The van der Waals surface area contributed by atoms with Crippen LogP contribution < -0.4 is 20.1 Å². The van der Waals surface area contributed by atoms with E-state index in [9.17, 15) is 9.59 Å². The third-order valence-electron chi connectivity index (χ3n) is 2.65. The molecule has 0 fully saturated rings. The molecule has 2 aromatic carbocycles. The van der Waals surface area contributed by atoms with Crippen molar-refractivity contribution in [2.45, 2.75) is 0 Å². The molecule has 6 nitrogen and oxygen atoms in total. The molecule has 0 atom stereocenters. The molecule has 0 aliphatic rings. The summed E-state index contributed by atoms with van der Waals surface area (Å²) >= 11 is 0. The largest absolute Gasteiger partial charge is 0.412 e. The molecule has 2 N–H and O–H groups in total. The van der Waals surface area contributed by atoms with Gasteiger partial charge in [0.2, 0.25) is 0 Å². The van der Waals surface area contributed by atoms with Gasteiger partial charge in [0, 0.05) is 19.5 Å². The van der Waals surface area contributed by atoms with E-state index >= 15 is 0 Å². The molecule has 20 heavy (non-hydrogen) atoms. The van der Waals surface area contributed by atoms with Crippen LogP contribution in [0.3, 0.4) is 0 Å². The number of fused-ring (bicyclic) bond motifs is 1. The van der Waals surface area contributed by atoms with Crippen LogP contribution in [-0.2, 0) is 0 Å². The standard InChI is InChI=1S/C14H14N2O4/c1-15-13(17)19-11-8-7-9-5-3-4-6-10(9)12(11)20-14(18)16-2/h3-8H,1-2H3,(H,15,17)(H,16,18). The van der Waals surface area contributed by atoms with Gasteiger partial charge in [0.1, 0.15) is 0 Å². The monoisotopic (exact) mass is 274 g/mol. The molecule has 2 amide bonds. The van der Waals surface area contributed by atoms with Crippen LogP contribution in [0.5, 0.6) is 11.5 Å². The number of benzene rings is 2. The van der Waals surface area contributed by atoms with Crippen LogP contribution in [0.25, 0.3) is 10.8 Å². The van der Waals surface area contributed by atoms with Crippen LogP contribution in [0.4, 0.5) is 9.59 Å². The Bertz CT molecular complexity index is 655. The van der Waals surface area contributed by atoms with E-state index in [4.69, 9.17) is 9.47 Å². The van der Waals surface area contributed by atoms with Gasteiger partial charge in [0.05, 0.1) is 0 Å². The van der Waals surface area contributed by atoms with E-state index in [1.165, 1.54) is 14.1 Å². The van der Waals surface area contributed by atoms with Crippen LogP contribution in [0.1, 0.15) is 0 Å². The summed E-state index contributed by atoms with van der Waals surface area (Å²) in [5.41, 5.74) is 0. The fraction of sp³-hybridized carbons (Fsp3) is 0.143. The highest BCUT2D eigenvalue weighted by molar-refractivity contribution is 5.93. The van der Waals surface area contributed by atoms with Gasteiger partial charge in [-0.1, -0.05) is 30.3 Å². The van der Waals surface area contributed by atoms with Gasteiger partial charge in [0.25, 0.3) is 0 Å². The predicted octanol–water partition coefficient (Wildman–Crippen LogP) is 2.28. The van der Waals surface area contributed by atoms with Gasteiger partial charge >= 0.3 is 12.2 Å². The summed E-state index contributed by atoms with van der Waals surface area (Å²) in [5, 5.41) is 6.24. The molecule has 6 heteroatoms. The Hall–Kier alpha value is -2.76. The van der Waals surface area contributed by atoms with E-state index in [0.717, 1.165) is 5.39 Å². The first-order valence-corrected chi connectivity index (χ1v) is 5.96. The van der Waals surface area contributed by atoms with Crippen molar-refractivity contribution < 1.29 is 19.1 Å². The lowest BCUT2D eigenvalue weighted by molar-refractivity contribution is 0.193. The Balaban J connectivity index is 2.52. The SMILES string of the molecule is CNC(=O)Oc1ccc2ccccc2c1OC(=O)NC. The van der Waals surface area contributed by atoms with E-state index < -0.39 is 12.2 Å². The average Bonchev–Trinajstić information content (AvgIpc) is 2.49. The minimum absolute atomic E-state index is 0.173. The summed E-state index contributed by atoms with van der Waals surface area (Å²) in [5.74, 6) is 0.373. The van der Waals surface area contributed by atoms with Gasteiger partial charge in [0.15, 0.2) is 11.5 Å². The molecule has 2 rings (SSSR count). The molecule has 0 unspecified atom stereocenters. The molecule has 0 radical (unpaired) electrons. The van der Waals surface area contributed by atoms with Crippen molar-refractivity contribution in [1.82, 2.24) is 10.6 Å². The topological polar surface area (TPSA) is 76.7 Å². The zero-order valence-electron chi connectivity index (χ0n) is 11.1. The van der Waals surface area contributed by atoms with Crippen molar-refractivity contribution >= 4 is 23.0 Å². The average molecular weight is 274 g/mol. The van der Waals surface area contributed by atoms with E-state index in [0.29, 0.717) is 5.39 Å². The van der Waals surface area contributed by atoms with Crippen molar-refractivity contribution in [3.63, 3.8) is 0 Å². The maximum Gasteiger partial charge on any atom is 0.412 e. The summed E-state index contributed by atoms with van der Waals surface area (Å²) in [6, 6.07) is 10.7. The molecule has 0 spiro atoms. The fourth-order valence-corrected chi connectivity index (χ4v) is 1.70. The molecule has 0 saturated heterocycles. The van der Waals surface area contributed by atoms with Crippen molar-refractivity contribution in [2.24, 2.45) is 0 Å². The second-order valence-electron chi connectivity index (χ2n) is 3.89. The Morgan fingerprint density at radius 1 is 0.900 bits per heavy atom. The Morgan fingerprint density at radius 3 is 2.25 bits per heavy atom. The van der Waals surface area contributed by atoms with Crippen LogP contribution >= 0.6 is 0 Å². The minimum atomic E-state index is -0.637. The minimum Gasteiger partial charge on any atom is -0.406 e. The van der Waals surface area contributed by atoms with Gasteiger partial charge in [-0.15, -0.1) is 0 Å². The van der Waals surface area contributed by atoms with Gasteiger partial charge in [-0.25, -0.2) is 9.59 Å². The molecule has 0 aromatic heterocycles. The summed E-state index contributed by atoms with van der Waals surface area (Å²) in [6.45, 7) is 0. The molecular formula is C14H14N2O4. The third-order valence-corrected chi connectivity index (χ3v) is 2.65. The van der Waals surface area contributed by atoms with Crippen molar-refractivity contribution in [3.05, 3.63) is 36.4 Å². The van der Waals surface area contributed by atoms with Gasteiger partial charge in [-0.3, -0.25) is 0 Å².